The summed E-state index contributed by atoms with van der Waals surface area (Å²) >= 11 is 0. The van der Waals surface area contributed by atoms with Gasteiger partial charge in [0.2, 0.25) is 0 Å². The summed E-state index contributed by atoms with van der Waals surface area (Å²) in [4.78, 5) is 9.33. The van der Waals surface area contributed by atoms with Crippen LogP contribution >= 0.6 is 0 Å². The van der Waals surface area contributed by atoms with Crippen molar-refractivity contribution in [2.24, 2.45) is 5.16 Å². The van der Waals surface area contributed by atoms with Crippen LogP contribution < -0.4 is 0 Å². The van der Waals surface area contributed by atoms with E-state index in [0.29, 0.717) is 5.69 Å². The highest BCUT2D eigenvalue weighted by Gasteiger charge is 2.27. The molecule has 17 heavy (non-hydrogen) atoms. The number of benzene rings is 1. The first-order chi connectivity index (χ1) is 8.13. The molecule has 1 atom stereocenters. The molecule has 0 fully saturated rings. The molecule has 0 aliphatic rings. The molecule has 0 spiro atoms. The summed E-state index contributed by atoms with van der Waals surface area (Å²) in [5.74, 6) is -1.52. The van der Waals surface area contributed by atoms with Crippen LogP contribution in [0.3, 0.4) is 0 Å². The SMILES string of the molecule is CC=NOC(C)(O)c1ccc2ccccc2n1. The third-order valence-corrected chi connectivity index (χ3v) is 2.41. The number of rotatable bonds is 3. The van der Waals surface area contributed by atoms with Gasteiger partial charge in [0.25, 0.3) is 5.79 Å². The third-order valence-electron chi connectivity index (χ3n) is 2.41. The topological polar surface area (TPSA) is 54.7 Å². The van der Waals surface area contributed by atoms with E-state index in [4.69, 9.17) is 4.84 Å². The summed E-state index contributed by atoms with van der Waals surface area (Å²) in [6.45, 7) is 3.22. The molecule has 0 aliphatic carbocycles. The second kappa shape index (κ2) is 4.51. The molecule has 4 heteroatoms. The van der Waals surface area contributed by atoms with Crippen LogP contribution in [0, 0.1) is 0 Å². The van der Waals surface area contributed by atoms with E-state index < -0.39 is 5.79 Å². The first kappa shape index (κ1) is 11.5. The van der Waals surface area contributed by atoms with E-state index in [-0.39, 0.29) is 0 Å². The number of fused-ring (bicyclic) bond motifs is 1. The van der Waals surface area contributed by atoms with Gasteiger partial charge in [-0.2, -0.15) is 0 Å². The Morgan fingerprint density at radius 2 is 2.06 bits per heavy atom. The van der Waals surface area contributed by atoms with Gasteiger partial charge in [0, 0.05) is 18.5 Å². The van der Waals surface area contributed by atoms with Gasteiger partial charge in [0.15, 0.2) is 0 Å². The Bertz CT molecular complexity index is 550. The van der Waals surface area contributed by atoms with Crippen LogP contribution in [-0.2, 0) is 10.6 Å². The Hall–Kier alpha value is -1.94. The molecule has 2 aromatic rings. The fourth-order valence-electron chi connectivity index (χ4n) is 1.53. The smallest absolute Gasteiger partial charge is 0.274 e. The zero-order valence-corrected chi connectivity index (χ0v) is 9.79. The summed E-state index contributed by atoms with van der Waals surface area (Å²) < 4.78 is 0. The molecule has 88 valence electrons. The summed E-state index contributed by atoms with van der Waals surface area (Å²) in [6, 6.07) is 11.3. The first-order valence-electron chi connectivity index (χ1n) is 5.38. The minimum atomic E-state index is -1.52. The molecule has 0 bridgehead atoms. The van der Waals surface area contributed by atoms with E-state index >= 15 is 0 Å². The van der Waals surface area contributed by atoms with Gasteiger partial charge in [0.05, 0.1) is 5.52 Å². The van der Waals surface area contributed by atoms with E-state index in [1.54, 1.807) is 13.0 Å². The van der Waals surface area contributed by atoms with Crippen molar-refractivity contribution in [1.29, 1.82) is 0 Å². The van der Waals surface area contributed by atoms with Crippen molar-refractivity contribution < 1.29 is 9.94 Å². The molecule has 1 aromatic carbocycles. The molecule has 0 aliphatic heterocycles. The Morgan fingerprint density at radius 3 is 2.82 bits per heavy atom. The maximum atomic E-state index is 10.1. The van der Waals surface area contributed by atoms with E-state index in [9.17, 15) is 5.11 Å². The van der Waals surface area contributed by atoms with Gasteiger partial charge in [-0.05, 0) is 19.1 Å². The average molecular weight is 230 g/mol. The van der Waals surface area contributed by atoms with Crippen molar-refractivity contribution in [3.8, 4) is 0 Å². The second-order valence-electron chi connectivity index (χ2n) is 3.83. The number of nitrogens with zero attached hydrogens (tertiary/aromatic N) is 2. The van der Waals surface area contributed by atoms with Gasteiger partial charge >= 0.3 is 0 Å². The highest BCUT2D eigenvalue weighted by molar-refractivity contribution is 5.78. The molecule has 2 rings (SSSR count). The Morgan fingerprint density at radius 1 is 1.29 bits per heavy atom. The predicted molar refractivity (Wildman–Crippen MR) is 66.6 cm³/mol. The fraction of sp³-hybridized carbons (Fsp3) is 0.231. The number of hydrogen-bond donors (Lipinski definition) is 1. The summed E-state index contributed by atoms with van der Waals surface area (Å²) in [5.41, 5.74) is 1.25. The van der Waals surface area contributed by atoms with Gasteiger partial charge in [-0.1, -0.05) is 29.4 Å². The number of para-hydroxylation sites is 1. The lowest BCUT2D eigenvalue weighted by atomic mass is 10.1. The Kier molecular flexibility index (Phi) is 3.06. The molecule has 1 N–H and O–H groups in total. The van der Waals surface area contributed by atoms with Crippen molar-refractivity contribution in [1.82, 2.24) is 4.98 Å². The number of pyridine rings is 1. The molecule has 0 saturated carbocycles. The van der Waals surface area contributed by atoms with Gasteiger partial charge < -0.3 is 9.94 Å². The summed E-state index contributed by atoms with van der Waals surface area (Å²) in [6.07, 6.45) is 1.47. The van der Waals surface area contributed by atoms with Crippen molar-refractivity contribution in [2.75, 3.05) is 0 Å². The number of hydrogen-bond acceptors (Lipinski definition) is 4. The molecular weight excluding hydrogens is 216 g/mol. The van der Waals surface area contributed by atoms with Crippen LogP contribution in [0.5, 0.6) is 0 Å². The van der Waals surface area contributed by atoms with Crippen LogP contribution in [0.25, 0.3) is 10.9 Å². The Balaban J connectivity index is 2.41. The molecule has 0 saturated heterocycles. The maximum Gasteiger partial charge on any atom is 0.274 e. The highest BCUT2D eigenvalue weighted by Crippen LogP contribution is 2.22. The van der Waals surface area contributed by atoms with Gasteiger partial charge in [-0.15, -0.1) is 0 Å². The zero-order valence-electron chi connectivity index (χ0n) is 9.79. The van der Waals surface area contributed by atoms with Gasteiger partial charge in [-0.25, -0.2) is 4.98 Å². The first-order valence-corrected chi connectivity index (χ1v) is 5.38. The number of oxime groups is 1. The minimum Gasteiger partial charge on any atom is -0.354 e. The quantitative estimate of drug-likeness (QED) is 0.500. The lowest BCUT2D eigenvalue weighted by molar-refractivity contribution is -0.201. The van der Waals surface area contributed by atoms with E-state index in [1.807, 2.05) is 30.3 Å². The largest absolute Gasteiger partial charge is 0.354 e. The van der Waals surface area contributed by atoms with E-state index in [0.717, 1.165) is 10.9 Å². The molecule has 1 aromatic heterocycles. The minimum absolute atomic E-state index is 0.432. The van der Waals surface area contributed by atoms with Crippen LogP contribution in [0.15, 0.2) is 41.6 Å². The second-order valence-corrected chi connectivity index (χ2v) is 3.83. The molecule has 0 amide bonds. The maximum absolute atomic E-state index is 10.1. The molecular formula is C13H14N2O2. The number of aromatic nitrogens is 1. The predicted octanol–water partition coefficient (Wildman–Crippen LogP) is 2.42. The molecule has 1 unspecified atom stereocenters. The van der Waals surface area contributed by atoms with E-state index in [2.05, 4.69) is 10.1 Å². The number of aliphatic hydroxyl groups is 1. The van der Waals surface area contributed by atoms with Crippen molar-refractivity contribution in [2.45, 2.75) is 19.6 Å². The Labute approximate surface area is 99.5 Å². The fourth-order valence-corrected chi connectivity index (χ4v) is 1.53. The van der Waals surface area contributed by atoms with E-state index in [1.165, 1.54) is 13.1 Å². The van der Waals surface area contributed by atoms with Gasteiger partial charge in [-0.3, -0.25) is 0 Å². The standard InChI is InChI=1S/C13H14N2O2/c1-3-14-17-13(2,16)12-9-8-10-6-4-5-7-11(10)15-12/h3-9,16H,1-2H3. The third kappa shape index (κ3) is 2.42. The normalized spacial score (nSPS) is 15.0. The van der Waals surface area contributed by atoms with Crippen molar-refractivity contribution in [3.05, 3.63) is 42.1 Å². The summed E-state index contributed by atoms with van der Waals surface area (Å²) in [5, 5.41) is 14.7. The monoisotopic (exact) mass is 230 g/mol. The summed E-state index contributed by atoms with van der Waals surface area (Å²) in [7, 11) is 0. The highest BCUT2D eigenvalue weighted by atomic mass is 16.7. The van der Waals surface area contributed by atoms with Crippen LogP contribution in [0.2, 0.25) is 0 Å². The van der Waals surface area contributed by atoms with Crippen molar-refractivity contribution >= 4 is 17.1 Å². The van der Waals surface area contributed by atoms with Crippen LogP contribution in [0.1, 0.15) is 19.5 Å². The molecule has 4 nitrogen and oxygen atoms in total. The average Bonchev–Trinajstić information content (AvgIpc) is 2.36. The zero-order chi connectivity index (χ0) is 12.3. The molecule has 1 heterocycles. The van der Waals surface area contributed by atoms with Crippen LogP contribution in [0.4, 0.5) is 0 Å². The lowest BCUT2D eigenvalue weighted by Gasteiger charge is -2.19. The van der Waals surface area contributed by atoms with Gasteiger partial charge in [0.1, 0.15) is 5.69 Å². The van der Waals surface area contributed by atoms with Crippen LogP contribution in [-0.4, -0.2) is 16.3 Å². The lowest BCUT2D eigenvalue weighted by Crippen LogP contribution is -2.24. The van der Waals surface area contributed by atoms with Crippen molar-refractivity contribution in [3.63, 3.8) is 0 Å². The molecule has 0 radical (unpaired) electrons.